The molecule has 0 aromatic heterocycles. The Morgan fingerprint density at radius 1 is 1.29 bits per heavy atom. The van der Waals surface area contributed by atoms with Crippen molar-refractivity contribution in [1.29, 1.82) is 0 Å². The van der Waals surface area contributed by atoms with Crippen molar-refractivity contribution in [2.24, 2.45) is 0 Å². The average Bonchev–Trinajstić information content (AvgIpc) is 2.38. The average molecular weight is 315 g/mol. The third-order valence-electron chi connectivity index (χ3n) is 3.87. The van der Waals surface area contributed by atoms with Crippen molar-refractivity contribution < 1.29 is 22.7 Å². The highest BCUT2D eigenvalue weighted by atomic mass is 32.2. The largest absolute Gasteiger partial charge is 0.480 e. The normalized spacial score (nSPS) is 18.4. The molecule has 1 aromatic carbocycles. The summed E-state index contributed by atoms with van der Waals surface area (Å²) < 4.78 is 40.3. The third-order valence-corrected chi connectivity index (χ3v) is 5.57. The molecule has 1 fully saturated rings. The van der Waals surface area contributed by atoms with Crippen LogP contribution in [0.4, 0.5) is 4.39 Å². The molecule has 0 unspecified atom stereocenters. The Kier molecular flexibility index (Phi) is 4.34. The van der Waals surface area contributed by atoms with Crippen molar-refractivity contribution in [2.75, 3.05) is 0 Å². The molecule has 2 rings (SSSR count). The molecule has 1 saturated carbocycles. The highest BCUT2D eigenvalue weighted by Crippen LogP contribution is 2.30. The quantitative estimate of drug-likeness (QED) is 0.892. The lowest BCUT2D eigenvalue weighted by atomic mass is 9.83. The Balaban J connectivity index is 2.37. The third kappa shape index (κ3) is 3.24. The number of rotatable bonds is 4. The molecule has 116 valence electrons. The lowest BCUT2D eigenvalue weighted by Crippen LogP contribution is -2.55. The van der Waals surface area contributed by atoms with Gasteiger partial charge in [-0.2, -0.15) is 4.72 Å². The van der Waals surface area contributed by atoms with Crippen LogP contribution in [0, 0.1) is 12.7 Å². The number of carboxylic acids is 1. The molecule has 2 N–H and O–H groups in total. The molecule has 0 amide bonds. The van der Waals surface area contributed by atoms with Gasteiger partial charge in [0.15, 0.2) is 0 Å². The molecule has 1 aliphatic rings. The van der Waals surface area contributed by atoms with E-state index in [1.807, 2.05) is 0 Å². The van der Waals surface area contributed by atoms with E-state index in [9.17, 15) is 22.7 Å². The molecule has 0 atom stereocenters. The first kappa shape index (κ1) is 15.9. The summed E-state index contributed by atoms with van der Waals surface area (Å²) in [4.78, 5) is 11.4. The van der Waals surface area contributed by atoms with Gasteiger partial charge in [0.2, 0.25) is 10.0 Å². The van der Waals surface area contributed by atoms with E-state index < -0.39 is 27.3 Å². The molecule has 5 nitrogen and oxygen atoms in total. The highest BCUT2D eigenvalue weighted by Gasteiger charge is 2.43. The first-order valence-electron chi connectivity index (χ1n) is 6.80. The zero-order valence-electron chi connectivity index (χ0n) is 11.7. The minimum atomic E-state index is -4.01. The Morgan fingerprint density at radius 3 is 2.43 bits per heavy atom. The van der Waals surface area contributed by atoms with Crippen LogP contribution in [0.5, 0.6) is 0 Å². The van der Waals surface area contributed by atoms with E-state index >= 15 is 0 Å². The second kappa shape index (κ2) is 5.73. The topological polar surface area (TPSA) is 83.5 Å². The highest BCUT2D eigenvalue weighted by molar-refractivity contribution is 7.89. The van der Waals surface area contributed by atoms with Crippen LogP contribution in [-0.2, 0) is 14.8 Å². The Bertz CT molecular complexity index is 651. The van der Waals surface area contributed by atoms with Gasteiger partial charge in [0.05, 0.1) is 4.90 Å². The number of aliphatic carboxylic acids is 1. The van der Waals surface area contributed by atoms with Crippen molar-refractivity contribution in [3.8, 4) is 0 Å². The van der Waals surface area contributed by atoms with Crippen molar-refractivity contribution in [2.45, 2.75) is 49.5 Å². The Labute approximate surface area is 123 Å². The molecule has 0 heterocycles. The van der Waals surface area contributed by atoms with E-state index in [1.165, 1.54) is 6.92 Å². The Hall–Kier alpha value is -1.47. The second-order valence-corrected chi connectivity index (χ2v) is 7.11. The number of carboxylic acid groups (broad SMARTS) is 1. The van der Waals surface area contributed by atoms with Crippen molar-refractivity contribution in [3.63, 3.8) is 0 Å². The number of benzene rings is 1. The molecular formula is C14H18FNO4S. The molecule has 0 saturated heterocycles. The fourth-order valence-corrected chi connectivity index (χ4v) is 4.39. The van der Waals surface area contributed by atoms with E-state index in [-0.39, 0.29) is 23.3 Å². The zero-order valence-corrected chi connectivity index (χ0v) is 12.5. The fraction of sp³-hybridized carbons (Fsp3) is 0.500. The van der Waals surface area contributed by atoms with Gasteiger partial charge in [0, 0.05) is 0 Å². The van der Waals surface area contributed by atoms with Crippen LogP contribution in [0.3, 0.4) is 0 Å². The van der Waals surface area contributed by atoms with Crippen LogP contribution in [0.2, 0.25) is 0 Å². The summed E-state index contributed by atoms with van der Waals surface area (Å²) in [7, 11) is -4.01. The maximum Gasteiger partial charge on any atom is 0.324 e. The van der Waals surface area contributed by atoms with E-state index in [4.69, 9.17) is 0 Å². The summed E-state index contributed by atoms with van der Waals surface area (Å²) >= 11 is 0. The van der Waals surface area contributed by atoms with Gasteiger partial charge in [-0.15, -0.1) is 0 Å². The number of hydrogen-bond donors (Lipinski definition) is 2. The number of aryl methyl sites for hydroxylation is 1. The van der Waals surface area contributed by atoms with Crippen molar-refractivity contribution in [3.05, 3.63) is 29.6 Å². The first-order valence-corrected chi connectivity index (χ1v) is 8.29. The van der Waals surface area contributed by atoms with Gasteiger partial charge < -0.3 is 5.11 Å². The summed E-state index contributed by atoms with van der Waals surface area (Å²) in [6.45, 7) is 1.48. The van der Waals surface area contributed by atoms with Gasteiger partial charge in [-0.1, -0.05) is 19.3 Å². The summed E-state index contributed by atoms with van der Waals surface area (Å²) in [6.07, 6.45) is 2.75. The smallest absolute Gasteiger partial charge is 0.324 e. The molecule has 7 heteroatoms. The number of halogens is 1. The minimum Gasteiger partial charge on any atom is -0.480 e. The van der Waals surface area contributed by atoms with Crippen LogP contribution < -0.4 is 4.72 Å². The lowest BCUT2D eigenvalue weighted by Gasteiger charge is -2.33. The molecule has 0 spiro atoms. The molecular weight excluding hydrogens is 297 g/mol. The molecule has 1 aromatic rings. The summed E-state index contributed by atoms with van der Waals surface area (Å²) in [5, 5.41) is 9.43. The minimum absolute atomic E-state index is 0.0879. The number of nitrogens with one attached hydrogen (secondary N) is 1. The number of hydrogen-bond acceptors (Lipinski definition) is 3. The van der Waals surface area contributed by atoms with Crippen LogP contribution >= 0.6 is 0 Å². The molecule has 0 bridgehead atoms. The fourth-order valence-electron chi connectivity index (χ4n) is 2.74. The summed E-state index contributed by atoms with van der Waals surface area (Å²) in [6, 6.07) is 3.32. The summed E-state index contributed by atoms with van der Waals surface area (Å²) in [5.74, 6) is -1.69. The first-order chi connectivity index (χ1) is 9.77. The molecule has 0 radical (unpaired) electrons. The van der Waals surface area contributed by atoms with Gasteiger partial charge in [0.1, 0.15) is 11.4 Å². The van der Waals surface area contributed by atoms with Crippen LogP contribution in [0.25, 0.3) is 0 Å². The Morgan fingerprint density at radius 2 is 1.90 bits per heavy atom. The van der Waals surface area contributed by atoms with Gasteiger partial charge in [0.25, 0.3) is 0 Å². The van der Waals surface area contributed by atoms with Crippen LogP contribution in [0.1, 0.15) is 37.7 Å². The predicted molar refractivity (Wildman–Crippen MR) is 74.9 cm³/mol. The number of carbonyl (C=O) groups is 1. The maximum atomic E-state index is 13.1. The van der Waals surface area contributed by atoms with Crippen LogP contribution in [-0.4, -0.2) is 25.0 Å². The van der Waals surface area contributed by atoms with Gasteiger partial charge >= 0.3 is 5.97 Å². The summed E-state index contributed by atoms with van der Waals surface area (Å²) in [5.41, 5.74) is -1.21. The standard InChI is InChI=1S/C14H18FNO4S/c1-10-9-11(15)5-6-12(10)21(19,20)16-14(13(17)18)7-3-2-4-8-14/h5-6,9,16H,2-4,7-8H2,1H3,(H,17,18). The van der Waals surface area contributed by atoms with Crippen molar-refractivity contribution in [1.82, 2.24) is 4.72 Å². The van der Waals surface area contributed by atoms with Crippen molar-refractivity contribution >= 4 is 16.0 Å². The molecule has 1 aliphatic carbocycles. The SMILES string of the molecule is Cc1cc(F)ccc1S(=O)(=O)NC1(C(=O)O)CCCCC1. The van der Waals surface area contributed by atoms with E-state index in [0.29, 0.717) is 12.8 Å². The van der Waals surface area contributed by atoms with E-state index in [2.05, 4.69) is 4.72 Å². The van der Waals surface area contributed by atoms with Crippen LogP contribution in [0.15, 0.2) is 23.1 Å². The monoisotopic (exact) mass is 315 g/mol. The maximum absolute atomic E-state index is 13.1. The van der Waals surface area contributed by atoms with E-state index in [0.717, 1.165) is 24.6 Å². The van der Waals surface area contributed by atoms with Gasteiger partial charge in [-0.3, -0.25) is 4.79 Å². The predicted octanol–water partition coefficient (Wildman–Crippen LogP) is 2.20. The van der Waals surface area contributed by atoms with Gasteiger partial charge in [-0.25, -0.2) is 12.8 Å². The zero-order chi connectivity index (χ0) is 15.7. The molecule has 0 aliphatic heterocycles. The second-order valence-electron chi connectivity index (χ2n) is 5.46. The number of sulfonamides is 1. The van der Waals surface area contributed by atoms with E-state index in [1.54, 1.807) is 0 Å². The van der Waals surface area contributed by atoms with Gasteiger partial charge in [-0.05, 0) is 43.5 Å². The molecule has 21 heavy (non-hydrogen) atoms. The lowest BCUT2D eigenvalue weighted by molar-refractivity contribution is -0.145.